The Balaban J connectivity index is 1.91. The van der Waals surface area contributed by atoms with Crippen LogP contribution in [-0.2, 0) is 28.5 Å². The maximum Gasteiger partial charge on any atom is 0.416 e. The van der Waals surface area contributed by atoms with E-state index in [0.717, 1.165) is 6.29 Å². The highest BCUT2D eigenvalue weighted by molar-refractivity contribution is 8.25. The van der Waals surface area contributed by atoms with Crippen LogP contribution in [0, 0.1) is 0 Å². The molecule has 0 radical (unpaired) electrons. The molecule has 0 saturated carbocycles. The average molecular weight is 477 g/mol. The summed E-state index contributed by atoms with van der Waals surface area (Å²) in [5, 5.41) is 0.0770. The van der Waals surface area contributed by atoms with Gasteiger partial charge in [-0.05, 0) is 41.5 Å². The molecule has 0 aromatic carbocycles. The van der Waals surface area contributed by atoms with E-state index in [-0.39, 0.29) is 10.6 Å². The number of amides is 1. The van der Waals surface area contributed by atoms with Crippen molar-refractivity contribution < 1.29 is 33.3 Å². The molecule has 0 bridgehead atoms. The maximum atomic E-state index is 12.7. The molecule has 0 spiro atoms. The van der Waals surface area contributed by atoms with Crippen LogP contribution in [0.4, 0.5) is 4.79 Å². The van der Waals surface area contributed by atoms with Crippen LogP contribution in [-0.4, -0.2) is 88.5 Å². The van der Waals surface area contributed by atoms with E-state index < -0.39 is 40.7 Å². The van der Waals surface area contributed by atoms with Crippen LogP contribution in [0.15, 0.2) is 4.99 Å². The second-order valence-corrected chi connectivity index (χ2v) is 11.5. The van der Waals surface area contributed by atoms with E-state index in [0.29, 0.717) is 11.7 Å². The third-order valence-electron chi connectivity index (χ3n) is 5.66. The molecule has 11 heteroatoms. The Morgan fingerprint density at radius 2 is 1.77 bits per heavy atom. The van der Waals surface area contributed by atoms with Gasteiger partial charge in [-0.15, -0.1) is 11.8 Å². The van der Waals surface area contributed by atoms with E-state index in [1.807, 2.05) is 27.7 Å². The first kappa shape index (κ1) is 24.8. The molecule has 0 N–H and O–H groups in total. The lowest BCUT2D eigenvalue weighted by atomic mass is 9.97. The van der Waals surface area contributed by atoms with Crippen molar-refractivity contribution in [1.29, 1.82) is 0 Å². The van der Waals surface area contributed by atoms with Crippen LogP contribution < -0.4 is 0 Å². The van der Waals surface area contributed by atoms with Crippen LogP contribution in [0.1, 0.15) is 41.5 Å². The molecule has 9 nitrogen and oxygen atoms in total. The lowest BCUT2D eigenvalue weighted by Crippen LogP contribution is -2.70. The first-order valence-corrected chi connectivity index (χ1v) is 12.1. The molecular weight excluding hydrogens is 444 g/mol. The zero-order valence-electron chi connectivity index (χ0n) is 19.2. The number of carbonyl (C=O) groups excluding carboxylic acids is 2. The third kappa shape index (κ3) is 4.49. The molecule has 2 saturated heterocycles. The number of hydrogen-bond acceptors (Lipinski definition) is 10. The fourth-order valence-electron chi connectivity index (χ4n) is 3.72. The molecule has 0 aromatic rings. The van der Waals surface area contributed by atoms with Crippen molar-refractivity contribution in [2.45, 2.75) is 86.8 Å². The number of rotatable bonds is 4. The molecule has 3 aliphatic rings. The first-order valence-electron chi connectivity index (χ1n) is 10.2. The summed E-state index contributed by atoms with van der Waals surface area (Å²) in [6, 6.07) is -0.335. The van der Waals surface area contributed by atoms with Gasteiger partial charge in [0.15, 0.2) is 5.17 Å². The summed E-state index contributed by atoms with van der Waals surface area (Å²) < 4.78 is 29.3. The second-order valence-electron chi connectivity index (χ2n) is 8.81. The molecule has 176 valence electrons. The van der Waals surface area contributed by atoms with Crippen LogP contribution in [0.2, 0.25) is 0 Å². The normalized spacial score (nSPS) is 39.9. The van der Waals surface area contributed by atoms with Gasteiger partial charge in [0.25, 0.3) is 0 Å². The number of ether oxygens (including phenoxy) is 5. The Morgan fingerprint density at radius 1 is 1.19 bits per heavy atom. The van der Waals surface area contributed by atoms with E-state index in [2.05, 4.69) is 0 Å². The summed E-state index contributed by atoms with van der Waals surface area (Å²) in [5.74, 6) is -2.41. The van der Waals surface area contributed by atoms with E-state index in [1.165, 1.54) is 42.6 Å². The van der Waals surface area contributed by atoms with Gasteiger partial charge in [-0.3, -0.25) is 9.89 Å². The van der Waals surface area contributed by atoms with Gasteiger partial charge in [0.1, 0.15) is 30.1 Å². The number of thioether (sulfide) groups is 2. The minimum Gasteiger partial charge on any atom is -0.443 e. The Morgan fingerprint density at radius 3 is 2.26 bits per heavy atom. The van der Waals surface area contributed by atoms with E-state index in [1.54, 1.807) is 13.8 Å². The van der Waals surface area contributed by atoms with Crippen molar-refractivity contribution in [2.24, 2.45) is 4.99 Å². The number of amidine groups is 1. The number of aldehydes is 1. The third-order valence-corrected chi connectivity index (χ3v) is 8.57. The molecule has 2 fully saturated rings. The predicted molar refractivity (Wildman–Crippen MR) is 119 cm³/mol. The number of fused-ring (bicyclic) bond motifs is 3. The van der Waals surface area contributed by atoms with Gasteiger partial charge in [0.05, 0.1) is 9.83 Å². The summed E-state index contributed by atoms with van der Waals surface area (Å²) in [6.07, 6.45) is -0.700. The SMILES string of the molecule is CCN(C(=O)OC(C)(C)C)C1=N[C@H]2[C@@H](S1)S[C@H](C=O)[C@H]1O[C@](C)(OC)[C@@](C)(OC)O[C@H]21. The molecule has 3 aliphatic heterocycles. The zero-order chi connectivity index (χ0) is 23.2. The fourth-order valence-corrected chi connectivity index (χ4v) is 6.77. The summed E-state index contributed by atoms with van der Waals surface area (Å²) in [7, 11) is 3.03. The fraction of sp³-hybridized carbons (Fsp3) is 0.850. The van der Waals surface area contributed by atoms with Crippen LogP contribution in [0.25, 0.3) is 0 Å². The molecule has 0 unspecified atom stereocenters. The molecule has 1 amide bonds. The van der Waals surface area contributed by atoms with Crippen LogP contribution in [0.3, 0.4) is 0 Å². The number of aliphatic imine (C=N–C) groups is 1. The zero-order valence-corrected chi connectivity index (χ0v) is 20.9. The summed E-state index contributed by atoms with van der Waals surface area (Å²) in [4.78, 5) is 31.0. The minimum absolute atomic E-state index is 0.112. The quantitative estimate of drug-likeness (QED) is 0.568. The molecule has 0 aliphatic carbocycles. The highest BCUT2D eigenvalue weighted by Crippen LogP contribution is 2.52. The standard InChI is InChI=1S/C20H32N2O7S2/c1-9-22(17(24)29-18(2,3)4)16-21-12-14-13(11(10-23)30-15(12)31-16)27-19(5,25-7)20(6,26-8)28-14/h10-15H,9H2,1-8H3/t11-,12-,13-,14-,15-,19+,20+/m1/s1. The first-order chi connectivity index (χ1) is 14.4. The maximum absolute atomic E-state index is 12.7. The second kappa shape index (κ2) is 8.83. The Labute approximate surface area is 191 Å². The molecule has 7 atom stereocenters. The smallest absolute Gasteiger partial charge is 0.416 e. The van der Waals surface area contributed by atoms with E-state index >= 15 is 0 Å². The molecule has 3 heterocycles. The number of methoxy groups -OCH3 is 2. The highest BCUT2D eigenvalue weighted by Gasteiger charge is 2.63. The van der Waals surface area contributed by atoms with Crippen molar-refractivity contribution in [3.05, 3.63) is 0 Å². The van der Waals surface area contributed by atoms with Crippen molar-refractivity contribution in [3.63, 3.8) is 0 Å². The van der Waals surface area contributed by atoms with Crippen molar-refractivity contribution in [3.8, 4) is 0 Å². The number of carbonyl (C=O) groups is 2. The van der Waals surface area contributed by atoms with Gasteiger partial charge >= 0.3 is 6.09 Å². The van der Waals surface area contributed by atoms with Gasteiger partial charge in [-0.1, -0.05) is 11.8 Å². The topological polar surface area (TPSA) is 95.9 Å². The van der Waals surface area contributed by atoms with Gasteiger partial charge in [-0.2, -0.15) is 0 Å². The van der Waals surface area contributed by atoms with Crippen molar-refractivity contribution in [2.75, 3.05) is 20.8 Å². The molecular formula is C20H32N2O7S2. The van der Waals surface area contributed by atoms with Gasteiger partial charge in [0.2, 0.25) is 11.6 Å². The Hall–Kier alpha value is -0.850. The predicted octanol–water partition coefficient (Wildman–Crippen LogP) is 2.86. The molecule has 3 rings (SSSR count). The van der Waals surface area contributed by atoms with Gasteiger partial charge in [-0.25, -0.2) is 4.79 Å². The average Bonchev–Trinajstić information content (AvgIpc) is 3.11. The minimum atomic E-state index is -1.21. The highest BCUT2D eigenvalue weighted by atomic mass is 32.2. The summed E-state index contributed by atoms with van der Waals surface area (Å²) in [5.41, 5.74) is -0.616. The van der Waals surface area contributed by atoms with E-state index in [4.69, 9.17) is 28.7 Å². The van der Waals surface area contributed by atoms with Crippen molar-refractivity contribution >= 4 is 41.1 Å². The van der Waals surface area contributed by atoms with Crippen LogP contribution in [0.5, 0.6) is 0 Å². The van der Waals surface area contributed by atoms with Crippen LogP contribution >= 0.6 is 23.5 Å². The Bertz CT molecular complexity index is 746. The Kier molecular flexibility index (Phi) is 7.06. The summed E-state index contributed by atoms with van der Waals surface area (Å²) in [6.45, 7) is 11.2. The van der Waals surface area contributed by atoms with Gasteiger partial charge in [0, 0.05) is 20.8 Å². The lowest BCUT2D eigenvalue weighted by Gasteiger charge is -2.55. The number of hydrogen-bond donors (Lipinski definition) is 0. The van der Waals surface area contributed by atoms with Crippen molar-refractivity contribution in [1.82, 2.24) is 4.90 Å². The number of nitrogens with zero attached hydrogens (tertiary/aromatic N) is 2. The molecule has 0 aromatic heterocycles. The van der Waals surface area contributed by atoms with Gasteiger partial charge < -0.3 is 28.5 Å². The largest absolute Gasteiger partial charge is 0.443 e. The van der Waals surface area contributed by atoms with E-state index in [9.17, 15) is 9.59 Å². The lowest BCUT2D eigenvalue weighted by molar-refractivity contribution is -0.448. The monoisotopic (exact) mass is 476 g/mol. The molecule has 31 heavy (non-hydrogen) atoms. The summed E-state index contributed by atoms with van der Waals surface area (Å²) >= 11 is 2.90.